The fourth-order valence-corrected chi connectivity index (χ4v) is 3.21. The van der Waals surface area contributed by atoms with E-state index in [1.54, 1.807) is 6.92 Å². The zero-order chi connectivity index (χ0) is 14.8. The number of hydrogen-bond acceptors (Lipinski definition) is 4. The molecule has 1 aromatic carbocycles. The van der Waals surface area contributed by atoms with Crippen LogP contribution < -0.4 is 4.31 Å². The van der Waals surface area contributed by atoms with Crippen LogP contribution in [0.25, 0.3) is 0 Å². The number of furan rings is 1. The largest absolute Gasteiger partial charge is 0.445 e. The molecule has 0 aliphatic heterocycles. The molecule has 20 heavy (non-hydrogen) atoms. The topological polar surface area (TPSA) is 70.8 Å². The summed E-state index contributed by atoms with van der Waals surface area (Å²) in [6.45, 7) is 1.38. The number of aliphatic hydroxyl groups excluding tert-OH is 1. The van der Waals surface area contributed by atoms with E-state index in [4.69, 9.17) is 9.52 Å². The summed E-state index contributed by atoms with van der Waals surface area (Å²) in [4.78, 5) is 0. The minimum Gasteiger partial charge on any atom is -0.445 e. The summed E-state index contributed by atoms with van der Waals surface area (Å²) in [7, 11) is -3.92. The molecule has 1 aromatic heterocycles. The molecule has 5 nitrogen and oxygen atoms in total. The standard InChI is InChI=1S/C13H14FNO4S/c1-2-15(11-5-3-4-10(14)8-11)20(17,18)13-7-6-12(9-16)19-13/h3-8,16H,2,9H2,1H3. The molecule has 0 amide bonds. The summed E-state index contributed by atoms with van der Waals surface area (Å²) < 4.78 is 44.2. The van der Waals surface area contributed by atoms with Gasteiger partial charge in [0.15, 0.2) is 0 Å². The van der Waals surface area contributed by atoms with E-state index in [0.717, 1.165) is 10.4 Å². The fourth-order valence-electron chi connectivity index (χ4n) is 1.81. The lowest BCUT2D eigenvalue weighted by molar-refractivity contribution is 0.236. The fraction of sp³-hybridized carbons (Fsp3) is 0.231. The van der Waals surface area contributed by atoms with Gasteiger partial charge >= 0.3 is 0 Å². The summed E-state index contributed by atoms with van der Waals surface area (Å²) in [6.07, 6.45) is 0. The highest BCUT2D eigenvalue weighted by Gasteiger charge is 2.27. The van der Waals surface area contributed by atoms with Crippen molar-refractivity contribution in [3.63, 3.8) is 0 Å². The Hall–Kier alpha value is -1.86. The lowest BCUT2D eigenvalue weighted by Crippen LogP contribution is -2.30. The van der Waals surface area contributed by atoms with Crippen molar-refractivity contribution in [1.29, 1.82) is 0 Å². The van der Waals surface area contributed by atoms with Crippen LogP contribution in [0.5, 0.6) is 0 Å². The van der Waals surface area contributed by atoms with Crippen molar-refractivity contribution in [3.05, 3.63) is 48.0 Å². The first-order chi connectivity index (χ1) is 9.48. The Morgan fingerprint density at radius 1 is 1.30 bits per heavy atom. The Morgan fingerprint density at radius 3 is 2.60 bits per heavy atom. The lowest BCUT2D eigenvalue weighted by Gasteiger charge is -2.21. The number of benzene rings is 1. The van der Waals surface area contributed by atoms with Crippen LogP contribution in [-0.4, -0.2) is 20.1 Å². The number of nitrogens with zero attached hydrogens (tertiary/aromatic N) is 1. The zero-order valence-electron chi connectivity index (χ0n) is 10.8. The van der Waals surface area contributed by atoms with Gasteiger partial charge in [-0.2, -0.15) is 8.42 Å². The van der Waals surface area contributed by atoms with E-state index in [1.165, 1.54) is 30.3 Å². The second-order valence-corrected chi connectivity index (χ2v) is 5.82. The lowest BCUT2D eigenvalue weighted by atomic mass is 10.3. The van der Waals surface area contributed by atoms with Crippen molar-refractivity contribution in [2.24, 2.45) is 0 Å². The predicted octanol–water partition coefficient (Wildman–Crippen LogP) is 2.13. The van der Waals surface area contributed by atoms with Crippen LogP contribution in [0.4, 0.5) is 10.1 Å². The average Bonchev–Trinajstić information content (AvgIpc) is 2.89. The van der Waals surface area contributed by atoms with Crippen LogP contribution >= 0.6 is 0 Å². The molecule has 0 aliphatic carbocycles. The van der Waals surface area contributed by atoms with Gasteiger partial charge in [0.1, 0.15) is 18.2 Å². The van der Waals surface area contributed by atoms with Crippen LogP contribution in [0.1, 0.15) is 12.7 Å². The van der Waals surface area contributed by atoms with Crippen LogP contribution in [0.3, 0.4) is 0 Å². The first-order valence-electron chi connectivity index (χ1n) is 5.97. The third kappa shape index (κ3) is 2.68. The first kappa shape index (κ1) is 14.5. The molecule has 1 heterocycles. The number of rotatable bonds is 5. The highest BCUT2D eigenvalue weighted by atomic mass is 32.2. The normalized spacial score (nSPS) is 11.6. The Kier molecular flexibility index (Phi) is 4.10. The van der Waals surface area contributed by atoms with E-state index in [-0.39, 0.29) is 29.7 Å². The van der Waals surface area contributed by atoms with Gasteiger partial charge in [0.2, 0.25) is 5.09 Å². The molecule has 0 unspecified atom stereocenters. The summed E-state index contributed by atoms with van der Waals surface area (Å²) in [6, 6.07) is 7.96. The number of aliphatic hydroxyl groups is 1. The van der Waals surface area contributed by atoms with Crippen LogP contribution in [0.2, 0.25) is 0 Å². The predicted molar refractivity (Wildman–Crippen MR) is 71.2 cm³/mol. The molecule has 2 rings (SSSR count). The number of halogens is 1. The third-order valence-electron chi connectivity index (χ3n) is 2.72. The highest BCUT2D eigenvalue weighted by molar-refractivity contribution is 7.92. The monoisotopic (exact) mass is 299 g/mol. The quantitative estimate of drug-likeness (QED) is 0.918. The van der Waals surface area contributed by atoms with Crippen molar-refractivity contribution in [2.45, 2.75) is 18.6 Å². The van der Waals surface area contributed by atoms with Crippen molar-refractivity contribution >= 4 is 15.7 Å². The van der Waals surface area contributed by atoms with Crippen LogP contribution in [0, 0.1) is 5.82 Å². The van der Waals surface area contributed by atoms with Gasteiger partial charge in [-0.3, -0.25) is 4.31 Å². The molecule has 0 aliphatic rings. The molecular formula is C13H14FNO4S. The Morgan fingerprint density at radius 2 is 2.05 bits per heavy atom. The van der Waals surface area contributed by atoms with Gasteiger partial charge in [0.05, 0.1) is 5.69 Å². The second kappa shape index (κ2) is 5.64. The Bertz CT molecular complexity index is 696. The van der Waals surface area contributed by atoms with E-state index in [1.807, 2.05) is 0 Å². The van der Waals surface area contributed by atoms with Gasteiger partial charge < -0.3 is 9.52 Å². The van der Waals surface area contributed by atoms with Gasteiger partial charge in [-0.15, -0.1) is 0 Å². The maximum atomic E-state index is 13.2. The SMILES string of the molecule is CCN(c1cccc(F)c1)S(=O)(=O)c1ccc(CO)o1. The molecule has 7 heteroatoms. The van der Waals surface area contributed by atoms with E-state index in [2.05, 4.69) is 0 Å². The van der Waals surface area contributed by atoms with Gasteiger partial charge in [-0.05, 0) is 37.3 Å². The summed E-state index contributed by atoms with van der Waals surface area (Å²) in [5.41, 5.74) is 0.217. The minimum atomic E-state index is -3.92. The third-order valence-corrected chi connectivity index (χ3v) is 4.50. The molecule has 0 saturated heterocycles. The minimum absolute atomic E-state index is 0.126. The molecule has 0 atom stereocenters. The van der Waals surface area contributed by atoms with E-state index >= 15 is 0 Å². The van der Waals surface area contributed by atoms with E-state index in [9.17, 15) is 12.8 Å². The van der Waals surface area contributed by atoms with Crippen LogP contribution in [-0.2, 0) is 16.6 Å². The molecule has 0 saturated carbocycles. The Labute approximate surface area is 116 Å². The first-order valence-corrected chi connectivity index (χ1v) is 7.41. The molecule has 1 N–H and O–H groups in total. The summed E-state index contributed by atoms with van der Waals surface area (Å²) >= 11 is 0. The van der Waals surface area contributed by atoms with Gasteiger partial charge in [-0.25, -0.2) is 4.39 Å². The molecular weight excluding hydrogens is 285 g/mol. The second-order valence-electron chi connectivity index (χ2n) is 4.03. The van der Waals surface area contributed by atoms with Gasteiger partial charge in [0.25, 0.3) is 10.0 Å². The van der Waals surface area contributed by atoms with Crippen molar-refractivity contribution in [2.75, 3.05) is 10.8 Å². The number of sulfonamides is 1. The van der Waals surface area contributed by atoms with Gasteiger partial charge in [-0.1, -0.05) is 6.07 Å². The Balaban J connectivity index is 2.44. The maximum Gasteiger partial charge on any atom is 0.297 e. The molecule has 0 fully saturated rings. The molecule has 0 radical (unpaired) electrons. The zero-order valence-corrected chi connectivity index (χ0v) is 11.6. The van der Waals surface area contributed by atoms with Crippen molar-refractivity contribution in [3.8, 4) is 0 Å². The molecule has 108 valence electrons. The summed E-state index contributed by atoms with van der Waals surface area (Å²) in [5.74, 6) is -0.370. The molecule has 0 spiro atoms. The molecule has 0 bridgehead atoms. The van der Waals surface area contributed by atoms with Gasteiger partial charge in [0, 0.05) is 6.54 Å². The highest BCUT2D eigenvalue weighted by Crippen LogP contribution is 2.25. The molecule has 2 aromatic rings. The van der Waals surface area contributed by atoms with E-state index in [0.29, 0.717) is 0 Å². The number of anilines is 1. The smallest absolute Gasteiger partial charge is 0.297 e. The average molecular weight is 299 g/mol. The van der Waals surface area contributed by atoms with Crippen molar-refractivity contribution in [1.82, 2.24) is 0 Å². The number of hydrogen-bond donors (Lipinski definition) is 1. The maximum absolute atomic E-state index is 13.2. The summed E-state index contributed by atoms with van der Waals surface area (Å²) in [5, 5.41) is 8.63. The van der Waals surface area contributed by atoms with Crippen LogP contribution in [0.15, 0.2) is 45.9 Å². The van der Waals surface area contributed by atoms with E-state index < -0.39 is 15.8 Å². The van der Waals surface area contributed by atoms with Crippen molar-refractivity contribution < 1.29 is 22.3 Å².